The van der Waals surface area contributed by atoms with Crippen LogP contribution in [0.2, 0.25) is 0 Å². The lowest BCUT2D eigenvalue weighted by Gasteiger charge is -2.15. The Bertz CT molecular complexity index is 578. The van der Waals surface area contributed by atoms with Crippen LogP contribution in [0.3, 0.4) is 0 Å². The minimum Gasteiger partial charge on any atom is -0.445 e. The first-order valence-corrected chi connectivity index (χ1v) is 9.56. The lowest BCUT2D eigenvalue weighted by atomic mass is 10.1. The maximum atomic E-state index is 11.9. The molecule has 0 heterocycles. The molecule has 4 N–H and O–H groups in total. The molecular weight excluding hydrogens is 346 g/mol. The van der Waals surface area contributed by atoms with Gasteiger partial charge in [-0.25, -0.2) is 4.79 Å². The van der Waals surface area contributed by atoms with Crippen molar-refractivity contribution >= 4 is 17.9 Å². The number of amides is 3. The Labute approximate surface area is 161 Å². The van der Waals surface area contributed by atoms with Gasteiger partial charge in [0.1, 0.15) is 19.2 Å². The fourth-order valence-corrected chi connectivity index (χ4v) is 2.59. The molecule has 0 aromatic heterocycles. The zero-order chi connectivity index (χ0) is 19.9. The molecule has 0 radical (unpaired) electrons. The van der Waals surface area contributed by atoms with Gasteiger partial charge < -0.3 is 21.1 Å². The standard InChI is InChI=1S/C20H31N3O4/c1-2-3-4-5-6-10-13-17(19(21)25)23-18(24)14-22-20(26)27-15-16-11-8-7-9-12-16/h7-9,11-12,17H,2-6,10,13-15H2,1H3,(H2,21,25)(H,22,26)(H,23,24)/t17-/m1/s1. The van der Waals surface area contributed by atoms with E-state index in [0.717, 1.165) is 24.8 Å². The van der Waals surface area contributed by atoms with E-state index in [1.54, 1.807) is 0 Å². The molecule has 3 amide bonds. The van der Waals surface area contributed by atoms with E-state index in [2.05, 4.69) is 17.6 Å². The predicted molar refractivity (Wildman–Crippen MR) is 104 cm³/mol. The van der Waals surface area contributed by atoms with Crippen LogP contribution in [0.25, 0.3) is 0 Å². The maximum Gasteiger partial charge on any atom is 0.407 e. The SMILES string of the molecule is CCCCCCCC[C@@H](NC(=O)CNC(=O)OCc1ccccc1)C(N)=O. The normalized spacial score (nSPS) is 11.4. The van der Waals surface area contributed by atoms with Gasteiger partial charge in [0.05, 0.1) is 0 Å². The first-order valence-electron chi connectivity index (χ1n) is 9.56. The van der Waals surface area contributed by atoms with Crippen molar-refractivity contribution in [3.05, 3.63) is 35.9 Å². The van der Waals surface area contributed by atoms with Crippen molar-refractivity contribution in [1.82, 2.24) is 10.6 Å². The average Bonchev–Trinajstić information content (AvgIpc) is 2.67. The molecule has 0 unspecified atom stereocenters. The monoisotopic (exact) mass is 377 g/mol. The fourth-order valence-electron chi connectivity index (χ4n) is 2.59. The molecule has 150 valence electrons. The Morgan fingerprint density at radius 3 is 2.37 bits per heavy atom. The number of unbranched alkanes of at least 4 members (excludes halogenated alkanes) is 5. The number of nitrogens with one attached hydrogen (secondary N) is 2. The van der Waals surface area contributed by atoms with E-state index < -0.39 is 23.9 Å². The lowest BCUT2D eigenvalue weighted by Crippen LogP contribution is -2.47. The van der Waals surface area contributed by atoms with Gasteiger partial charge >= 0.3 is 6.09 Å². The second kappa shape index (κ2) is 13.6. The van der Waals surface area contributed by atoms with E-state index in [0.29, 0.717) is 6.42 Å². The minimum absolute atomic E-state index is 0.121. The molecule has 7 heteroatoms. The van der Waals surface area contributed by atoms with Crippen molar-refractivity contribution in [3.8, 4) is 0 Å². The van der Waals surface area contributed by atoms with Crippen LogP contribution in [-0.2, 0) is 20.9 Å². The van der Waals surface area contributed by atoms with E-state index >= 15 is 0 Å². The molecule has 0 aliphatic heterocycles. The number of ether oxygens (including phenoxy) is 1. The summed E-state index contributed by atoms with van der Waals surface area (Å²) in [5.74, 6) is -1.04. The first kappa shape index (κ1) is 22.5. The van der Waals surface area contributed by atoms with Crippen molar-refractivity contribution in [2.75, 3.05) is 6.54 Å². The van der Waals surface area contributed by atoms with Gasteiger partial charge in [0, 0.05) is 0 Å². The summed E-state index contributed by atoms with van der Waals surface area (Å²) >= 11 is 0. The topological polar surface area (TPSA) is 111 Å². The number of rotatable bonds is 13. The van der Waals surface area contributed by atoms with Crippen LogP contribution in [0.1, 0.15) is 57.4 Å². The van der Waals surface area contributed by atoms with E-state index in [9.17, 15) is 14.4 Å². The summed E-state index contributed by atoms with van der Waals surface area (Å²) in [5.41, 5.74) is 6.20. The van der Waals surface area contributed by atoms with Crippen LogP contribution in [0, 0.1) is 0 Å². The third kappa shape index (κ3) is 10.9. The summed E-state index contributed by atoms with van der Waals surface area (Å²) in [6.07, 6.45) is 6.32. The van der Waals surface area contributed by atoms with Crippen molar-refractivity contribution in [2.24, 2.45) is 5.73 Å². The Kier molecular flexibility index (Phi) is 11.3. The van der Waals surface area contributed by atoms with E-state index in [1.807, 2.05) is 30.3 Å². The molecule has 1 atom stereocenters. The Hall–Kier alpha value is -2.57. The predicted octanol–water partition coefficient (Wildman–Crippen LogP) is 2.63. The summed E-state index contributed by atoms with van der Waals surface area (Å²) in [6, 6.07) is 8.51. The average molecular weight is 377 g/mol. The van der Waals surface area contributed by atoms with E-state index in [1.165, 1.54) is 19.3 Å². The number of hydrogen-bond donors (Lipinski definition) is 3. The third-order valence-electron chi connectivity index (χ3n) is 4.13. The largest absolute Gasteiger partial charge is 0.445 e. The number of carbonyl (C=O) groups is 3. The van der Waals surface area contributed by atoms with Gasteiger partial charge in [-0.15, -0.1) is 0 Å². The Morgan fingerprint density at radius 1 is 1.04 bits per heavy atom. The van der Waals surface area contributed by atoms with Gasteiger partial charge in [0.2, 0.25) is 11.8 Å². The zero-order valence-corrected chi connectivity index (χ0v) is 16.0. The van der Waals surface area contributed by atoms with Gasteiger partial charge in [-0.3, -0.25) is 9.59 Å². The molecule has 1 aromatic carbocycles. The third-order valence-corrected chi connectivity index (χ3v) is 4.13. The van der Waals surface area contributed by atoms with Crippen LogP contribution in [0.5, 0.6) is 0 Å². The first-order chi connectivity index (χ1) is 13.0. The number of alkyl carbamates (subject to hydrolysis) is 1. The van der Waals surface area contributed by atoms with Crippen molar-refractivity contribution < 1.29 is 19.1 Å². The van der Waals surface area contributed by atoms with Gasteiger partial charge in [0.15, 0.2) is 0 Å². The summed E-state index contributed by atoms with van der Waals surface area (Å²) in [4.78, 5) is 35.0. The van der Waals surface area contributed by atoms with Crippen LogP contribution in [0.15, 0.2) is 30.3 Å². The molecular formula is C20H31N3O4. The summed E-state index contributed by atoms with van der Waals surface area (Å²) in [5, 5.41) is 4.93. The summed E-state index contributed by atoms with van der Waals surface area (Å²) < 4.78 is 5.02. The smallest absolute Gasteiger partial charge is 0.407 e. The Balaban J connectivity index is 2.22. The van der Waals surface area contributed by atoms with Crippen LogP contribution in [0.4, 0.5) is 4.79 Å². The highest BCUT2D eigenvalue weighted by atomic mass is 16.5. The van der Waals surface area contributed by atoms with Gasteiger partial charge in [-0.1, -0.05) is 75.8 Å². The number of carbonyl (C=O) groups excluding carboxylic acids is 3. The molecule has 7 nitrogen and oxygen atoms in total. The summed E-state index contributed by atoms with van der Waals surface area (Å²) in [7, 11) is 0. The maximum absolute atomic E-state index is 11.9. The highest BCUT2D eigenvalue weighted by Gasteiger charge is 2.18. The van der Waals surface area contributed by atoms with Crippen molar-refractivity contribution in [3.63, 3.8) is 0 Å². The van der Waals surface area contributed by atoms with Crippen LogP contribution >= 0.6 is 0 Å². The molecule has 0 bridgehead atoms. The molecule has 0 fully saturated rings. The van der Waals surface area contributed by atoms with Crippen molar-refractivity contribution in [2.45, 2.75) is 64.5 Å². The number of hydrogen-bond acceptors (Lipinski definition) is 4. The quantitative estimate of drug-likeness (QED) is 0.459. The molecule has 0 saturated heterocycles. The molecule has 1 aromatic rings. The molecule has 0 aliphatic rings. The number of primary amides is 1. The molecule has 1 rings (SSSR count). The molecule has 0 spiro atoms. The van der Waals surface area contributed by atoms with Crippen LogP contribution in [-0.4, -0.2) is 30.5 Å². The van der Waals surface area contributed by atoms with Crippen LogP contribution < -0.4 is 16.4 Å². The highest BCUT2D eigenvalue weighted by Crippen LogP contribution is 2.08. The Morgan fingerprint density at radius 2 is 1.70 bits per heavy atom. The number of nitrogens with two attached hydrogens (primary N) is 1. The van der Waals surface area contributed by atoms with E-state index in [-0.39, 0.29) is 13.2 Å². The molecule has 0 saturated carbocycles. The van der Waals surface area contributed by atoms with Gasteiger partial charge in [0.25, 0.3) is 0 Å². The second-order valence-corrected chi connectivity index (χ2v) is 6.49. The lowest BCUT2D eigenvalue weighted by molar-refractivity contribution is -0.127. The fraction of sp³-hybridized carbons (Fsp3) is 0.550. The summed E-state index contributed by atoms with van der Waals surface area (Å²) in [6.45, 7) is 2.01. The zero-order valence-electron chi connectivity index (χ0n) is 16.0. The number of benzene rings is 1. The highest BCUT2D eigenvalue weighted by molar-refractivity contribution is 5.88. The molecule has 27 heavy (non-hydrogen) atoms. The van der Waals surface area contributed by atoms with Gasteiger partial charge in [-0.05, 0) is 12.0 Å². The molecule has 0 aliphatic carbocycles. The van der Waals surface area contributed by atoms with Gasteiger partial charge in [-0.2, -0.15) is 0 Å². The second-order valence-electron chi connectivity index (χ2n) is 6.49. The van der Waals surface area contributed by atoms with E-state index in [4.69, 9.17) is 10.5 Å². The minimum atomic E-state index is -0.717. The van der Waals surface area contributed by atoms with Crippen molar-refractivity contribution in [1.29, 1.82) is 0 Å².